The molecule has 162 valence electrons. The summed E-state index contributed by atoms with van der Waals surface area (Å²) >= 11 is 0. The first-order valence-corrected chi connectivity index (χ1v) is 11.4. The van der Waals surface area contributed by atoms with Crippen molar-refractivity contribution in [3.8, 4) is 11.1 Å². The molecule has 0 saturated heterocycles. The molecule has 0 amide bonds. The van der Waals surface area contributed by atoms with E-state index in [1.165, 1.54) is 10.1 Å². The molecule has 6 aromatic rings. The van der Waals surface area contributed by atoms with Gasteiger partial charge in [0.25, 0.3) is 11.1 Å². The Kier molecular flexibility index (Phi) is 4.21. The lowest BCUT2D eigenvalue weighted by atomic mass is 9.94. The molecule has 4 nitrogen and oxygen atoms in total. The molecule has 33 heavy (non-hydrogen) atoms. The van der Waals surface area contributed by atoms with Gasteiger partial charge in [-0.25, -0.2) is 0 Å². The third kappa shape index (κ3) is 2.77. The van der Waals surface area contributed by atoms with E-state index in [9.17, 15) is 9.59 Å². The molecule has 0 fully saturated rings. The summed E-state index contributed by atoms with van der Waals surface area (Å²) in [5.74, 6) is 0.487. The maximum atomic E-state index is 13.0. The van der Waals surface area contributed by atoms with Crippen LogP contribution < -0.4 is 11.1 Å². The van der Waals surface area contributed by atoms with E-state index in [1.54, 1.807) is 6.07 Å². The molecule has 0 unspecified atom stereocenters. The molecule has 4 heteroatoms. The Balaban J connectivity index is 1.69. The highest BCUT2D eigenvalue weighted by Gasteiger charge is 2.18. The van der Waals surface area contributed by atoms with Gasteiger partial charge < -0.3 is 4.42 Å². The minimum atomic E-state index is -0.247. The SMILES string of the molecule is CCn1c(=O)c2ccc3oc4ccc(-c5ccc(C(C)C)cc5)cc4c4ccc(c1=O)c2c34. The van der Waals surface area contributed by atoms with Gasteiger partial charge in [0.15, 0.2) is 0 Å². The maximum absolute atomic E-state index is 13.0. The number of benzene rings is 4. The molecule has 4 aromatic carbocycles. The van der Waals surface area contributed by atoms with Crippen LogP contribution in [0.15, 0.2) is 80.7 Å². The highest BCUT2D eigenvalue weighted by molar-refractivity contribution is 6.26. The van der Waals surface area contributed by atoms with Crippen molar-refractivity contribution in [3.05, 3.63) is 93.0 Å². The molecule has 0 aliphatic heterocycles. The van der Waals surface area contributed by atoms with Crippen molar-refractivity contribution >= 4 is 43.5 Å². The fraction of sp³-hybridized carbons (Fsp3) is 0.172. The Labute approximate surface area is 190 Å². The smallest absolute Gasteiger partial charge is 0.261 e. The van der Waals surface area contributed by atoms with Gasteiger partial charge in [-0.15, -0.1) is 0 Å². The minimum absolute atomic E-state index is 0.247. The van der Waals surface area contributed by atoms with E-state index in [0.717, 1.165) is 32.9 Å². The highest BCUT2D eigenvalue weighted by atomic mass is 16.3. The third-order valence-corrected chi connectivity index (χ3v) is 6.79. The zero-order valence-electron chi connectivity index (χ0n) is 18.8. The summed E-state index contributed by atoms with van der Waals surface area (Å²) in [6.45, 7) is 6.55. The predicted molar refractivity (Wildman–Crippen MR) is 136 cm³/mol. The second-order valence-corrected chi connectivity index (χ2v) is 8.97. The molecule has 0 N–H and O–H groups in total. The molecule has 0 radical (unpaired) electrons. The van der Waals surface area contributed by atoms with E-state index in [0.29, 0.717) is 34.2 Å². The first-order valence-electron chi connectivity index (χ1n) is 11.4. The standard InChI is InChI=1S/C29H23NO3/c1-4-30-28(31)21-11-10-20-23-15-19(18-7-5-17(6-8-18)16(2)3)9-13-24(23)33-25-14-12-22(29(30)32)26(21)27(20)25/h5-16H,4H2,1-3H3. The highest BCUT2D eigenvalue weighted by Crippen LogP contribution is 2.38. The first kappa shape index (κ1) is 19.7. The van der Waals surface area contributed by atoms with E-state index >= 15 is 0 Å². The number of rotatable bonds is 3. The number of pyridine rings is 1. The number of aromatic nitrogens is 1. The molecule has 2 aromatic heterocycles. The number of hydrogen-bond donors (Lipinski definition) is 0. The lowest BCUT2D eigenvalue weighted by Crippen LogP contribution is -2.32. The summed E-state index contributed by atoms with van der Waals surface area (Å²) in [7, 11) is 0. The molecule has 0 saturated carbocycles. The van der Waals surface area contributed by atoms with Crippen molar-refractivity contribution < 1.29 is 4.42 Å². The predicted octanol–water partition coefficient (Wildman–Crippen LogP) is 6.66. The Morgan fingerprint density at radius 2 is 1.30 bits per heavy atom. The van der Waals surface area contributed by atoms with Crippen molar-refractivity contribution in [2.45, 2.75) is 33.2 Å². The molecule has 2 heterocycles. The number of nitrogens with zero attached hydrogens (tertiary/aromatic N) is 1. The lowest BCUT2D eigenvalue weighted by Gasteiger charge is -2.14. The van der Waals surface area contributed by atoms with Gasteiger partial charge in [0, 0.05) is 33.5 Å². The van der Waals surface area contributed by atoms with Crippen LogP contribution in [-0.2, 0) is 6.54 Å². The molecule has 0 bridgehead atoms. The van der Waals surface area contributed by atoms with Gasteiger partial charge in [-0.1, -0.05) is 50.2 Å². The fourth-order valence-corrected chi connectivity index (χ4v) is 4.99. The molecule has 0 spiro atoms. The van der Waals surface area contributed by atoms with Crippen molar-refractivity contribution in [2.24, 2.45) is 0 Å². The van der Waals surface area contributed by atoms with Crippen LogP contribution in [0, 0.1) is 0 Å². The van der Waals surface area contributed by atoms with Crippen LogP contribution in [0.25, 0.3) is 54.6 Å². The van der Waals surface area contributed by atoms with Gasteiger partial charge >= 0.3 is 0 Å². The monoisotopic (exact) mass is 433 g/mol. The Bertz CT molecular complexity index is 1770. The lowest BCUT2D eigenvalue weighted by molar-refractivity contribution is 0.662. The quantitative estimate of drug-likeness (QED) is 0.232. The topological polar surface area (TPSA) is 52.2 Å². The van der Waals surface area contributed by atoms with E-state index in [1.807, 2.05) is 31.2 Å². The Morgan fingerprint density at radius 1 is 0.697 bits per heavy atom. The summed E-state index contributed by atoms with van der Waals surface area (Å²) in [4.78, 5) is 26.0. The molecule has 0 atom stereocenters. The van der Waals surface area contributed by atoms with Gasteiger partial charge in [0.05, 0.1) is 0 Å². The largest absolute Gasteiger partial charge is 0.456 e. The first-order chi connectivity index (χ1) is 16.0. The average molecular weight is 434 g/mol. The van der Waals surface area contributed by atoms with Gasteiger partial charge in [-0.3, -0.25) is 14.2 Å². The summed E-state index contributed by atoms with van der Waals surface area (Å²) < 4.78 is 7.56. The Hall–Kier alpha value is -3.92. The summed E-state index contributed by atoms with van der Waals surface area (Å²) in [5, 5.41) is 4.59. The van der Waals surface area contributed by atoms with Gasteiger partial charge in [-0.2, -0.15) is 0 Å². The fourth-order valence-electron chi connectivity index (χ4n) is 4.99. The second kappa shape index (κ2) is 7.04. The van der Waals surface area contributed by atoms with Gasteiger partial charge in [-0.05, 0) is 65.3 Å². The van der Waals surface area contributed by atoms with Crippen LogP contribution in [0.3, 0.4) is 0 Å². The zero-order chi connectivity index (χ0) is 22.9. The maximum Gasteiger partial charge on any atom is 0.261 e. The van der Waals surface area contributed by atoms with Crippen LogP contribution in [0.2, 0.25) is 0 Å². The van der Waals surface area contributed by atoms with Crippen LogP contribution in [0.5, 0.6) is 0 Å². The van der Waals surface area contributed by atoms with Crippen LogP contribution in [0.1, 0.15) is 32.3 Å². The summed E-state index contributed by atoms with van der Waals surface area (Å²) in [5.41, 5.74) is 4.51. The van der Waals surface area contributed by atoms with Crippen LogP contribution in [0.4, 0.5) is 0 Å². The van der Waals surface area contributed by atoms with Crippen molar-refractivity contribution in [1.82, 2.24) is 4.57 Å². The molecular formula is C29H23NO3. The van der Waals surface area contributed by atoms with E-state index in [4.69, 9.17) is 4.42 Å². The zero-order valence-corrected chi connectivity index (χ0v) is 18.8. The molecule has 6 rings (SSSR count). The Morgan fingerprint density at radius 3 is 1.97 bits per heavy atom. The number of hydrogen-bond acceptors (Lipinski definition) is 3. The van der Waals surface area contributed by atoms with Gasteiger partial charge in [0.2, 0.25) is 0 Å². The van der Waals surface area contributed by atoms with Crippen molar-refractivity contribution in [3.63, 3.8) is 0 Å². The third-order valence-electron chi connectivity index (χ3n) is 6.79. The normalized spacial score (nSPS) is 12.1. The van der Waals surface area contributed by atoms with Crippen molar-refractivity contribution in [1.29, 1.82) is 0 Å². The summed E-state index contributed by atoms with van der Waals surface area (Å²) in [6, 6.07) is 22.3. The van der Waals surface area contributed by atoms with Crippen molar-refractivity contribution in [2.75, 3.05) is 0 Å². The van der Waals surface area contributed by atoms with Crippen LogP contribution in [-0.4, -0.2) is 4.57 Å². The van der Waals surface area contributed by atoms with Gasteiger partial charge in [0.1, 0.15) is 11.2 Å². The number of fused-ring (bicyclic) bond motifs is 2. The van der Waals surface area contributed by atoms with Crippen LogP contribution >= 0.6 is 0 Å². The molecule has 0 aliphatic carbocycles. The van der Waals surface area contributed by atoms with E-state index in [-0.39, 0.29) is 11.1 Å². The van der Waals surface area contributed by atoms with E-state index in [2.05, 4.69) is 50.2 Å². The molecular weight excluding hydrogens is 410 g/mol. The second-order valence-electron chi connectivity index (χ2n) is 8.97. The van der Waals surface area contributed by atoms with E-state index < -0.39 is 0 Å². The summed E-state index contributed by atoms with van der Waals surface area (Å²) in [6.07, 6.45) is 0. The molecule has 0 aliphatic rings. The minimum Gasteiger partial charge on any atom is -0.456 e. The average Bonchev–Trinajstić information content (AvgIpc) is 2.84.